The fourth-order valence-electron chi connectivity index (χ4n) is 1.98. The SMILES string of the molecule is CN1CCN(S(=O)(=O)COCc2ccccc2)CC1. The molecule has 0 aliphatic carbocycles. The van der Waals surface area contributed by atoms with Gasteiger partial charge >= 0.3 is 0 Å². The van der Waals surface area contributed by atoms with Crippen LogP contribution in [0.2, 0.25) is 0 Å². The van der Waals surface area contributed by atoms with Crippen molar-refractivity contribution in [1.82, 2.24) is 9.21 Å². The molecule has 106 valence electrons. The van der Waals surface area contributed by atoms with E-state index in [2.05, 4.69) is 4.90 Å². The Morgan fingerprint density at radius 1 is 1.11 bits per heavy atom. The van der Waals surface area contributed by atoms with Crippen molar-refractivity contribution in [2.24, 2.45) is 0 Å². The van der Waals surface area contributed by atoms with Crippen LogP contribution in [0, 0.1) is 0 Å². The van der Waals surface area contributed by atoms with Crippen molar-refractivity contribution in [2.75, 3.05) is 39.2 Å². The fraction of sp³-hybridized carbons (Fsp3) is 0.538. The van der Waals surface area contributed by atoms with Crippen molar-refractivity contribution in [3.63, 3.8) is 0 Å². The molecule has 0 bridgehead atoms. The van der Waals surface area contributed by atoms with Crippen LogP contribution in [0.15, 0.2) is 30.3 Å². The quantitative estimate of drug-likeness (QED) is 0.800. The summed E-state index contributed by atoms with van der Waals surface area (Å²) in [6.07, 6.45) is 0. The molecule has 2 rings (SSSR count). The van der Waals surface area contributed by atoms with E-state index in [0.29, 0.717) is 19.7 Å². The maximum Gasteiger partial charge on any atom is 0.238 e. The van der Waals surface area contributed by atoms with Crippen molar-refractivity contribution < 1.29 is 13.2 Å². The topological polar surface area (TPSA) is 49.9 Å². The van der Waals surface area contributed by atoms with Crippen LogP contribution in [0.5, 0.6) is 0 Å². The summed E-state index contributed by atoms with van der Waals surface area (Å²) in [5.74, 6) is -0.244. The van der Waals surface area contributed by atoms with Gasteiger partial charge in [-0.1, -0.05) is 30.3 Å². The zero-order valence-corrected chi connectivity index (χ0v) is 12.0. The van der Waals surface area contributed by atoms with Gasteiger partial charge in [0, 0.05) is 26.2 Å². The lowest BCUT2D eigenvalue weighted by Gasteiger charge is -2.31. The maximum atomic E-state index is 12.1. The van der Waals surface area contributed by atoms with Crippen molar-refractivity contribution in [3.05, 3.63) is 35.9 Å². The first-order valence-corrected chi connectivity index (χ1v) is 7.97. The van der Waals surface area contributed by atoms with Crippen molar-refractivity contribution in [3.8, 4) is 0 Å². The van der Waals surface area contributed by atoms with Gasteiger partial charge in [-0.25, -0.2) is 8.42 Å². The zero-order valence-electron chi connectivity index (χ0n) is 11.2. The molecule has 1 fully saturated rings. The molecule has 1 aromatic rings. The molecule has 0 unspecified atom stereocenters. The molecule has 1 saturated heterocycles. The van der Waals surface area contributed by atoms with E-state index in [-0.39, 0.29) is 5.94 Å². The molecule has 1 aliphatic heterocycles. The number of sulfonamides is 1. The van der Waals surface area contributed by atoms with E-state index in [9.17, 15) is 8.42 Å². The Morgan fingerprint density at radius 3 is 2.37 bits per heavy atom. The Kier molecular flexibility index (Phi) is 4.93. The number of hydrogen-bond acceptors (Lipinski definition) is 4. The second-order valence-corrected chi connectivity index (χ2v) is 6.68. The average Bonchev–Trinajstić information content (AvgIpc) is 2.40. The van der Waals surface area contributed by atoms with E-state index in [0.717, 1.165) is 18.7 Å². The second-order valence-electron chi connectivity index (χ2n) is 4.77. The third-order valence-electron chi connectivity index (χ3n) is 3.20. The van der Waals surface area contributed by atoms with Crippen LogP contribution in [0.3, 0.4) is 0 Å². The summed E-state index contributed by atoms with van der Waals surface area (Å²) in [7, 11) is -1.30. The van der Waals surface area contributed by atoms with Crippen LogP contribution in [0.1, 0.15) is 5.56 Å². The standard InChI is InChI=1S/C13H20N2O3S/c1-14-7-9-15(10-8-14)19(16,17)12-18-11-13-5-3-2-4-6-13/h2-6H,7-12H2,1H3. The maximum absolute atomic E-state index is 12.1. The number of likely N-dealkylation sites (N-methyl/N-ethyl adjacent to an activating group) is 1. The first kappa shape index (κ1) is 14.5. The fourth-order valence-corrected chi connectivity index (χ4v) is 3.14. The van der Waals surface area contributed by atoms with E-state index in [1.807, 2.05) is 37.4 Å². The number of nitrogens with zero attached hydrogens (tertiary/aromatic N) is 2. The average molecular weight is 284 g/mol. The summed E-state index contributed by atoms with van der Waals surface area (Å²) in [5.41, 5.74) is 0.982. The number of piperazine rings is 1. The highest BCUT2D eigenvalue weighted by Gasteiger charge is 2.25. The zero-order chi connectivity index (χ0) is 13.7. The van der Waals surface area contributed by atoms with Crippen LogP contribution < -0.4 is 0 Å². The highest BCUT2D eigenvalue weighted by molar-refractivity contribution is 7.88. The predicted octanol–water partition coefficient (Wildman–Crippen LogP) is 0.738. The predicted molar refractivity (Wildman–Crippen MR) is 74.1 cm³/mol. The molecule has 0 N–H and O–H groups in total. The van der Waals surface area contributed by atoms with Crippen LogP contribution in [-0.2, 0) is 21.4 Å². The third kappa shape index (κ3) is 4.28. The van der Waals surface area contributed by atoms with Crippen LogP contribution in [0.4, 0.5) is 0 Å². The van der Waals surface area contributed by atoms with Crippen molar-refractivity contribution >= 4 is 10.0 Å². The van der Waals surface area contributed by atoms with Gasteiger partial charge in [0.05, 0.1) is 6.61 Å². The molecule has 19 heavy (non-hydrogen) atoms. The van der Waals surface area contributed by atoms with Gasteiger partial charge < -0.3 is 9.64 Å². The Morgan fingerprint density at radius 2 is 1.74 bits per heavy atom. The lowest BCUT2D eigenvalue weighted by atomic mass is 10.2. The normalized spacial score (nSPS) is 18.6. The first-order chi connectivity index (χ1) is 9.08. The Hall–Kier alpha value is -0.950. The van der Waals surface area contributed by atoms with Gasteiger partial charge in [0.15, 0.2) is 5.94 Å². The summed E-state index contributed by atoms with van der Waals surface area (Å²) < 4.78 is 31.0. The Balaban J connectivity index is 1.81. The van der Waals surface area contributed by atoms with E-state index in [1.165, 1.54) is 4.31 Å². The van der Waals surface area contributed by atoms with Crippen LogP contribution in [0.25, 0.3) is 0 Å². The minimum Gasteiger partial charge on any atom is -0.359 e. The van der Waals surface area contributed by atoms with Gasteiger partial charge in [-0.2, -0.15) is 4.31 Å². The molecule has 0 spiro atoms. The van der Waals surface area contributed by atoms with Gasteiger partial charge in [0.25, 0.3) is 0 Å². The van der Waals surface area contributed by atoms with Crippen LogP contribution in [-0.4, -0.2) is 56.8 Å². The molecule has 0 radical (unpaired) electrons. The molecule has 0 saturated carbocycles. The smallest absolute Gasteiger partial charge is 0.238 e. The summed E-state index contributed by atoms with van der Waals surface area (Å²) >= 11 is 0. The largest absolute Gasteiger partial charge is 0.359 e. The van der Waals surface area contributed by atoms with Gasteiger partial charge in [0.2, 0.25) is 10.0 Å². The third-order valence-corrected chi connectivity index (χ3v) is 4.82. The lowest BCUT2D eigenvalue weighted by molar-refractivity contribution is 0.152. The van der Waals surface area contributed by atoms with Gasteiger partial charge in [-0.3, -0.25) is 0 Å². The van der Waals surface area contributed by atoms with Gasteiger partial charge in [-0.15, -0.1) is 0 Å². The van der Waals surface area contributed by atoms with Crippen molar-refractivity contribution in [2.45, 2.75) is 6.61 Å². The van der Waals surface area contributed by atoms with E-state index >= 15 is 0 Å². The van der Waals surface area contributed by atoms with E-state index in [1.54, 1.807) is 0 Å². The van der Waals surface area contributed by atoms with E-state index < -0.39 is 10.0 Å². The Labute approximate surface area is 114 Å². The number of rotatable bonds is 5. The molecular formula is C13H20N2O3S. The summed E-state index contributed by atoms with van der Waals surface area (Å²) in [6, 6.07) is 9.58. The van der Waals surface area contributed by atoms with Crippen LogP contribution >= 0.6 is 0 Å². The highest BCUT2D eigenvalue weighted by atomic mass is 32.2. The lowest BCUT2D eigenvalue weighted by Crippen LogP contribution is -2.47. The highest BCUT2D eigenvalue weighted by Crippen LogP contribution is 2.08. The van der Waals surface area contributed by atoms with Crippen molar-refractivity contribution in [1.29, 1.82) is 0 Å². The minimum absolute atomic E-state index is 0.244. The molecule has 0 aromatic heterocycles. The van der Waals surface area contributed by atoms with Gasteiger partial charge in [0.1, 0.15) is 0 Å². The molecule has 0 amide bonds. The Bertz CT molecular complexity index is 482. The second kappa shape index (κ2) is 6.47. The monoisotopic (exact) mass is 284 g/mol. The summed E-state index contributed by atoms with van der Waals surface area (Å²) in [4.78, 5) is 2.12. The van der Waals surface area contributed by atoms with E-state index in [4.69, 9.17) is 4.74 Å². The first-order valence-electron chi connectivity index (χ1n) is 6.36. The molecule has 5 nitrogen and oxygen atoms in total. The summed E-state index contributed by atoms with van der Waals surface area (Å²) in [6.45, 7) is 2.98. The number of benzene rings is 1. The molecular weight excluding hydrogens is 264 g/mol. The molecule has 1 heterocycles. The number of hydrogen-bond donors (Lipinski definition) is 0. The molecule has 6 heteroatoms. The molecule has 1 aromatic carbocycles. The minimum atomic E-state index is -3.29. The summed E-state index contributed by atoms with van der Waals surface area (Å²) in [5, 5.41) is 0. The van der Waals surface area contributed by atoms with Gasteiger partial charge in [-0.05, 0) is 12.6 Å². The molecule has 0 atom stereocenters. The molecule has 1 aliphatic rings. The number of ether oxygens (including phenoxy) is 1.